The van der Waals surface area contributed by atoms with E-state index in [4.69, 9.17) is 0 Å². The smallest absolute Gasteiger partial charge is 0.0998 e. The van der Waals surface area contributed by atoms with E-state index in [9.17, 15) is 15.8 Å². The van der Waals surface area contributed by atoms with Crippen LogP contribution in [0.5, 0.6) is 0 Å². The average molecular weight is 638 g/mol. The molecular weight excluding hydrogens is 611 g/mol. The van der Waals surface area contributed by atoms with Gasteiger partial charge in [0.2, 0.25) is 0 Å². The number of anilines is 2. The lowest BCUT2D eigenvalue weighted by molar-refractivity contribution is 0.722. The van der Waals surface area contributed by atoms with Crippen LogP contribution in [0.3, 0.4) is 0 Å². The number of hydrogen-bond acceptors (Lipinski definition) is 4. The monoisotopic (exact) mass is 637 g/mol. The molecule has 1 aromatic heterocycles. The number of nitrogens with zero attached hydrogens (tertiary/aromatic N) is 5. The Morgan fingerprint density at radius 3 is 2.16 bits per heavy atom. The van der Waals surface area contributed by atoms with Crippen LogP contribution in [0.25, 0.3) is 49.7 Å². The van der Waals surface area contributed by atoms with Gasteiger partial charge in [-0.1, -0.05) is 84.9 Å². The van der Waals surface area contributed by atoms with E-state index in [2.05, 4.69) is 113 Å². The third-order valence-electron chi connectivity index (χ3n) is 10.0. The van der Waals surface area contributed by atoms with Gasteiger partial charge in [-0.2, -0.15) is 15.8 Å². The van der Waals surface area contributed by atoms with Crippen LogP contribution in [0.2, 0.25) is 0 Å². The molecule has 232 valence electrons. The van der Waals surface area contributed by atoms with Crippen LogP contribution in [0.1, 0.15) is 22.6 Å². The molecule has 5 heteroatoms. The molecule has 2 atom stereocenters. The SMILES string of the molecule is N#CC1=CC=CC2c3ccccc3N(c3ccccc3-c3cccc(-c4cc(-n5c6ccccc6c6cc(C#N)ccc65)ccc4C#N)c3)C12. The molecule has 9 rings (SSSR count). The van der Waals surface area contributed by atoms with Crippen molar-refractivity contribution in [1.29, 1.82) is 15.8 Å². The van der Waals surface area contributed by atoms with Gasteiger partial charge in [-0.25, -0.2) is 0 Å². The highest BCUT2D eigenvalue weighted by Gasteiger charge is 2.41. The van der Waals surface area contributed by atoms with E-state index in [0.717, 1.165) is 66.7 Å². The van der Waals surface area contributed by atoms with Crippen molar-refractivity contribution in [1.82, 2.24) is 4.57 Å². The summed E-state index contributed by atoms with van der Waals surface area (Å²) in [6.07, 6.45) is 6.13. The van der Waals surface area contributed by atoms with Crippen molar-refractivity contribution in [3.05, 3.63) is 174 Å². The fraction of sp³-hybridized carbons (Fsp3) is 0.0444. The number of hydrogen-bond donors (Lipinski definition) is 0. The highest BCUT2D eigenvalue weighted by atomic mass is 15.2. The van der Waals surface area contributed by atoms with Crippen molar-refractivity contribution in [2.24, 2.45) is 0 Å². The van der Waals surface area contributed by atoms with E-state index in [1.54, 1.807) is 0 Å². The molecule has 0 bridgehead atoms. The van der Waals surface area contributed by atoms with Gasteiger partial charge in [0.25, 0.3) is 0 Å². The van der Waals surface area contributed by atoms with Gasteiger partial charge in [-0.05, 0) is 83.4 Å². The van der Waals surface area contributed by atoms with Gasteiger partial charge < -0.3 is 9.47 Å². The van der Waals surface area contributed by atoms with E-state index in [1.165, 1.54) is 5.56 Å². The summed E-state index contributed by atoms with van der Waals surface area (Å²) in [6, 6.07) is 52.2. The van der Waals surface area contributed by atoms with Crippen molar-refractivity contribution in [3.8, 4) is 46.1 Å². The normalized spacial score (nSPS) is 15.9. The molecule has 1 aliphatic carbocycles. The zero-order chi connectivity index (χ0) is 33.8. The molecular formula is C45H27N5. The third-order valence-corrected chi connectivity index (χ3v) is 10.0. The minimum atomic E-state index is -0.135. The van der Waals surface area contributed by atoms with Crippen LogP contribution < -0.4 is 4.90 Å². The van der Waals surface area contributed by atoms with Gasteiger partial charge in [0.15, 0.2) is 0 Å². The molecule has 2 heterocycles. The molecule has 0 fully saturated rings. The highest BCUT2D eigenvalue weighted by molar-refractivity contribution is 6.09. The molecule has 0 saturated carbocycles. The first kappa shape index (κ1) is 29.0. The van der Waals surface area contributed by atoms with Crippen molar-refractivity contribution in [2.45, 2.75) is 12.0 Å². The maximum Gasteiger partial charge on any atom is 0.0998 e. The molecule has 6 aromatic carbocycles. The topological polar surface area (TPSA) is 79.5 Å². The Morgan fingerprint density at radius 1 is 0.560 bits per heavy atom. The quantitative estimate of drug-likeness (QED) is 0.192. The Labute approximate surface area is 289 Å². The molecule has 5 nitrogen and oxygen atoms in total. The molecule has 50 heavy (non-hydrogen) atoms. The number of nitriles is 3. The molecule has 0 spiro atoms. The Hall–Kier alpha value is -7.13. The Morgan fingerprint density at radius 2 is 1.32 bits per heavy atom. The minimum absolute atomic E-state index is 0.0820. The van der Waals surface area contributed by atoms with Crippen LogP contribution >= 0.6 is 0 Å². The van der Waals surface area contributed by atoms with Crippen molar-refractivity contribution in [2.75, 3.05) is 4.90 Å². The van der Waals surface area contributed by atoms with Crippen molar-refractivity contribution < 1.29 is 0 Å². The maximum atomic E-state index is 10.3. The first-order valence-electron chi connectivity index (χ1n) is 16.5. The number of aromatic nitrogens is 1. The summed E-state index contributed by atoms with van der Waals surface area (Å²) in [6.45, 7) is 0. The van der Waals surface area contributed by atoms with Crippen LogP contribution in [0.15, 0.2) is 157 Å². The van der Waals surface area contributed by atoms with E-state index in [-0.39, 0.29) is 12.0 Å². The Balaban J connectivity index is 1.19. The fourth-order valence-electron chi connectivity index (χ4n) is 7.88. The van der Waals surface area contributed by atoms with Crippen LogP contribution in [0, 0.1) is 34.0 Å². The fourth-order valence-corrected chi connectivity index (χ4v) is 7.88. The van der Waals surface area contributed by atoms with Gasteiger partial charge in [0.1, 0.15) is 0 Å². The van der Waals surface area contributed by atoms with Gasteiger partial charge in [-0.15, -0.1) is 0 Å². The van der Waals surface area contributed by atoms with E-state index < -0.39 is 0 Å². The number of rotatable bonds is 4. The predicted octanol–water partition coefficient (Wildman–Crippen LogP) is 10.5. The predicted molar refractivity (Wildman–Crippen MR) is 199 cm³/mol. The number of para-hydroxylation sites is 3. The summed E-state index contributed by atoms with van der Waals surface area (Å²) in [5.74, 6) is 0.0820. The van der Waals surface area contributed by atoms with Crippen LogP contribution in [0.4, 0.5) is 11.4 Å². The molecule has 0 amide bonds. The zero-order valence-corrected chi connectivity index (χ0v) is 26.8. The zero-order valence-electron chi connectivity index (χ0n) is 26.8. The first-order valence-corrected chi connectivity index (χ1v) is 16.5. The molecule has 7 aromatic rings. The number of fused-ring (bicyclic) bond motifs is 6. The Kier molecular flexibility index (Phi) is 6.70. The summed E-state index contributed by atoms with van der Waals surface area (Å²) in [7, 11) is 0. The lowest BCUT2D eigenvalue weighted by atomic mass is 9.86. The number of allylic oxidation sites excluding steroid dienone is 2. The molecule has 0 saturated heterocycles. The average Bonchev–Trinajstić information content (AvgIpc) is 3.70. The summed E-state index contributed by atoms with van der Waals surface area (Å²) in [5, 5.41) is 32.2. The summed E-state index contributed by atoms with van der Waals surface area (Å²) in [5.41, 5.74) is 12.1. The minimum Gasteiger partial charge on any atom is -0.331 e. The second kappa shape index (κ2) is 11.5. The highest BCUT2D eigenvalue weighted by Crippen LogP contribution is 2.51. The molecule has 2 unspecified atom stereocenters. The first-order chi connectivity index (χ1) is 24.7. The summed E-state index contributed by atoms with van der Waals surface area (Å²) in [4.78, 5) is 2.32. The van der Waals surface area contributed by atoms with E-state index >= 15 is 0 Å². The van der Waals surface area contributed by atoms with E-state index in [1.807, 2.05) is 66.7 Å². The Bertz CT molecular complexity index is 2720. The molecule has 0 radical (unpaired) electrons. The molecule has 1 aliphatic heterocycles. The number of benzene rings is 6. The lowest BCUT2D eigenvalue weighted by Crippen LogP contribution is -2.32. The third kappa shape index (κ3) is 4.37. The second-order valence-electron chi connectivity index (χ2n) is 12.7. The molecule has 0 N–H and O–H groups in total. The molecule has 2 aliphatic rings. The maximum absolute atomic E-state index is 10.3. The van der Waals surface area contributed by atoms with E-state index in [0.29, 0.717) is 11.1 Å². The van der Waals surface area contributed by atoms with Crippen LogP contribution in [-0.4, -0.2) is 10.6 Å². The van der Waals surface area contributed by atoms with Gasteiger partial charge in [0, 0.05) is 44.9 Å². The van der Waals surface area contributed by atoms with Crippen LogP contribution in [-0.2, 0) is 0 Å². The standard InChI is InChI=1S/C45H27N5/c46-26-29-19-22-44-40(23-29)37-14-3-5-17-42(37)49(44)34-21-20-32(27-47)39(25-34)31-10-7-9-30(24-31)35-12-1-4-16-41(35)50-43-18-6-2-13-36(43)38-15-8-11-33(28-48)45(38)50/h1-25,38,45H. The summed E-state index contributed by atoms with van der Waals surface area (Å²) < 4.78 is 2.20. The lowest BCUT2D eigenvalue weighted by Gasteiger charge is -2.32. The van der Waals surface area contributed by atoms with Gasteiger partial charge in [-0.3, -0.25) is 0 Å². The van der Waals surface area contributed by atoms with Crippen molar-refractivity contribution in [3.63, 3.8) is 0 Å². The second-order valence-corrected chi connectivity index (χ2v) is 12.7. The largest absolute Gasteiger partial charge is 0.331 e. The van der Waals surface area contributed by atoms with Crippen molar-refractivity contribution >= 4 is 33.2 Å². The van der Waals surface area contributed by atoms with Gasteiger partial charge in [0.05, 0.1) is 52.0 Å². The summed E-state index contributed by atoms with van der Waals surface area (Å²) >= 11 is 0. The van der Waals surface area contributed by atoms with Gasteiger partial charge >= 0.3 is 0 Å².